The molecule has 1 amide bonds. The van der Waals surface area contributed by atoms with Crippen LogP contribution >= 0.6 is 0 Å². The fourth-order valence-corrected chi connectivity index (χ4v) is 2.00. The van der Waals surface area contributed by atoms with Gasteiger partial charge in [-0.3, -0.25) is 4.79 Å². The molecule has 0 aliphatic heterocycles. The van der Waals surface area contributed by atoms with E-state index in [9.17, 15) is 13.2 Å². The van der Waals surface area contributed by atoms with E-state index in [-0.39, 0.29) is 6.61 Å². The second-order valence-corrected chi connectivity index (χ2v) is 6.25. The van der Waals surface area contributed by atoms with Gasteiger partial charge in [0.1, 0.15) is 12.4 Å². The Bertz CT molecular complexity index is 638. The van der Waals surface area contributed by atoms with Crippen molar-refractivity contribution < 1.29 is 18.3 Å². The van der Waals surface area contributed by atoms with Crippen LogP contribution in [0.1, 0.15) is 11.1 Å². The van der Waals surface area contributed by atoms with E-state index in [4.69, 9.17) is 5.11 Å². The van der Waals surface area contributed by atoms with Gasteiger partial charge in [-0.05, 0) is 30.7 Å². The quantitative estimate of drug-likeness (QED) is 0.782. The van der Waals surface area contributed by atoms with E-state index in [0.717, 1.165) is 17.4 Å². The number of carbonyl (C=O) groups is 1. The summed E-state index contributed by atoms with van der Waals surface area (Å²) in [5.41, 5.74) is 2.09. The molecule has 1 aromatic rings. The van der Waals surface area contributed by atoms with Gasteiger partial charge in [0.25, 0.3) is 0 Å². The first kappa shape index (κ1) is 15.2. The molecule has 102 valence electrons. The summed E-state index contributed by atoms with van der Waals surface area (Å²) < 4.78 is 21.9. The van der Waals surface area contributed by atoms with E-state index >= 15 is 0 Å². The van der Waals surface area contributed by atoms with Crippen molar-refractivity contribution >= 4 is 21.4 Å². The van der Waals surface area contributed by atoms with Crippen LogP contribution in [0.2, 0.25) is 0 Å². The Morgan fingerprint density at radius 2 is 2.11 bits per heavy atom. The zero-order valence-corrected chi connectivity index (χ0v) is 11.5. The van der Waals surface area contributed by atoms with Crippen LogP contribution in [0.25, 0.3) is 0 Å². The number of rotatable bonds is 3. The minimum absolute atomic E-state index is 0.216. The highest BCUT2D eigenvalue weighted by atomic mass is 32.2. The molecular formula is C13H15NO4S. The van der Waals surface area contributed by atoms with Crippen molar-refractivity contribution in [1.82, 2.24) is 0 Å². The number of carbonyl (C=O) groups excluding carboxylic acids is 1. The fraction of sp³-hybridized carbons (Fsp3) is 0.308. The monoisotopic (exact) mass is 281 g/mol. The van der Waals surface area contributed by atoms with Gasteiger partial charge < -0.3 is 10.4 Å². The molecule has 0 atom stereocenters. The molecule has 0 bridgehead atoms. The van der Waals surface area contributed by atoms with Crippen LogP contribution in [0.4, 0.5) is 5.69 Å². The molecule has 0 fully saturated rings. The Balaban J connectivity index is 2.82. The van der Waals surface area contributed by atoms with Crippen LogP contribution < -0.4 is 5.32 Å². The maximum atomic E-state index is 11.4. The number of benzene rings is 1. The van der Waals surface area contributed by atoms with Gasteiger partial charge in [-0.1, -0.05) is 11.8 Å². The van der Waals surface area contributed by atoms with Gasteiger partial charge >= 0.3 is 0 Å². The van der Waals surface area contributed by atoms with Gasteiger partial charge in [0.15, 0.2) is 9.84 Å². The molecule has 5 nitrogen and oxygen atoms in total. The molecule has 0 unspecified atom stereocenters. The molecule has 0 saturated carbocycles. The number of sulfone groups is 1. The Hall–Kier alpha value is -1.84. The molecule has 19 heavy (non-hydrogen) atoms. The minimum Gasteiger partial charge on any atom is -0.384 e. The molecule has 1 rings (SSSR count). The summed E-state index contributed by atoms with van der Waals surface area (Å²) >= 11 is 0. The topological polar surface area (TPSA) is 83.5 Å². The summed E-state index contributed by atoms with van der Waals surface area (Å²) in [6, 6.07) is 5.03. The first-order valence-electron chi connectivity index (χ1n) is 5.50. The molecule has 0 heterocycles. The van der Waals surface area contributed by atoms with Crippen LogP contribution in [0.3, 0.4) is 0 Å². The zero-order valence-electron chi connectivity index (χ0n) is 10.7. The van der Waals surface area contributed by atoms with Gasteiger partial charge in [0, 0.05) is 17.5 Å². The third-order valence-corrected chi connectivity index (χ3v) is 2.99. The van der Waals surface area contributed by atoms with Crippen molar-refractivity contribution in [3.05, 3.63) is 29.3 Å². The van der Waals surface area contributed by atoms with E-state index in [1.807, 2.05) is 6.92 Å². The van der Waals surface area contributed by atoms with Crippen molar-refractivity contribution in [2.45, 2.75) is 6.92 Å². The standard InChI is InChI=1S/C13H15NO4S/c1-10-8-12(6-5-11(10)4-3-7-15)14-13(16)9-19(2,17)18/h5-6,8,15H,7,9H2,1-2H3,(H,14,16). The highest BCUT2D eigenvalue weighted by molar-refractivity contribution is 7.91. The number of aryl methyl sites for hydroxylation is 1. The molecular weight excluding hydrogens is 266 g/mol. The van der Waals surface area contributed by atoms with Crippen molar-refractivity contribution in [3.8, 4) is 11.8 Å². The number of aliphatic hydroxyl groups is 1. The Kier molecular flexibility index (Phi) is 5.10. The van der Waals surface area contributed by atoms with E-state index in [2.05, 4.69) is 17.2 Å². The Morgan fingerprint density at radius 1 is 1.42 bits per heavy atom. The van der Waals surface area contributed by atoms with Crippen LogP contribution in [0.15, 0.2) is 18.2 Å². The lowest BCUT2D eigenvalue weighted by Crippen LogP contribution is -2.21. The SMILES string of the molecule is Cc1cc(NC(=O)CS(C)(=O)=O)ccc1C#CCO. The largest absolute Gasteiger partial charge is 0.384 e. The normalized spacial score (nSPS) is 10.5. The molecule has 1 aromatic carbocycles. The third-order valence-electron chi connectivity index (χ3n) is 2.21. The lowest BCUT2D eigenvalue weighted by molar-refractivity contribution is -0.113. The summed E-state index contributed by atoms with van der Waals surface area (Å²) in [6.45, 7) is 1.60. The molecule has 0 spiro atoms. The number of anilines is 1. The maximum absolute atomic E-state index is 11.4. The summed E-state index contributed by atoms with van der Waals surface area (Å²) in [7, 11) is -3.34. The summed E-state index contributed by atoms with van der Waals surface area (Å²) in [5, 5.41) is 11.1. The first-order valence-corrected chi connectivity index (χ1v) is 7.56. The smallest absolute Gasteiger partial charge is 0.239 e. The van der Waals surface area contributed by atoms with Gasteiger partial charge in [-0.25, -0.2) is 8.42 Å². The highest BCUT2D eigenvalue weighted by Gasteiger charge is 2.11. The number of nitrogens with one attached hydrogen (secondary N) is 1. The molecule has 6 heteroatoms. The van der Waals surface area contributed by atoms with E-state index in [1.165, 1.54) is 0 Å². The average Bonchev–Trinajstić information content (AvgIpc) is 2.25. The Labute approximate surface area is 112 Å². The lowest BCUT2D eigenvalue weighted by Gasteiger charge is -2.06. The molecule has 0 saturated heterocycles. The first-order chi connectivity index (χ1) is 8.81. The highest BCUT2D eigenvalue weighted by Crippen LogP contribution is 2.14. The minimum atomic E-state index is -3.34. The fourth-order valence-electron chi connectivity index (χ4n) is 1.45. The van der Waals surface area contributed by atoms with Crippen LogP contribution in [0.5, 0.6) is 0 Å². The van der Waals surface area contributed by atoms with Gasteiger partial charge in [-0.15, -0.1) is 0 Å². The summed E-state index contributed by atoms with van der Waals surface area (Å²) in [5.74, 6) is 4.19. The van der Waals surface area contributed by atoms with Crippen LogP contribution in [-0.4, -0.2) is 38.0 Å². The van der Waals surface area contributed by atoms with Crippen LogP contribution in [-0.2, 0) is 14.6 Å². The maximum Gasteiger partial charge on any atom is 0.239 e. The zero-order chi connectivity index (χ0) is 14.5. The number of amides is 1. The van der Waals surface area contributed by atoms with E-state index in [1.54, 1.807) is 18.2 Å². The van der Waals surface area contributed by atoms with Crippen LogP contribution in [0, 0.1) is 18.8 Å². The molecule has 0 aromatic heterocycles. The predicted molar refractivity (Wildman–Crippen MR) is 73.5 cm³/mol. The van der Waals surface area contributed by atoms with Crippen molar-refractivity contribution in [2.24, 2.45) is 0 Å². The predicted octanol–water partition coefficient (Wildman–Crippen LogP) is 0.322. The average molecular weight is 281 g/mol. The van der Waals surface area contributed by atoms with Crippen molar-refractivity contribution in [3.63, 3.8) is 0 Å². The second-order valence-electron chi connectivity index (χ2n) is 4.11. The Morgan fingerprint density at radius 3 is 2.63 bits per heavy atom. The number of aliphatic hydroxyl groups excluding tert-OH is 1. The number of hydrogen-bond acceptors (Lipinski definition) is 4. The van der Waals surface area contributed by atoms with Crippen molar-refractivity contribution in [2.75, 3.05) is 23.9 Å². The lowest BCUT2D eigenvalue weighted by atomic mass is 10.1. The van der Waals surface area contributed by atoms with Crippen molar-refractivity contribution in [1.29, 1.82) is 0 Å². The van der Waals surface area contributed by atoms with E-state index in [0.29, 0.717) is 5.69 Å². The molecule has 0 aliphatic carbocycles. The third kappa shape index (κ3) is 5.55. The van der Waals surface area contributed by atoms with Gasteiger partial charge in [0.2, 0.25) is 5.91 Å². The van der Waals surface area contributed by atoms with E-state index < -0.39 is 21.5 Å². The molecule has 2 N–H and O–H groups in total. The van der Waals surface area contributed by atoms with Gasteiger partial charge in [0.05, 0.1) is 0 Å². The molecule has 0 radical (unpaired) electrons. The summed E-state index contributed by atoms with van der Waals surface area (Å²) in [6.07, 6.45) is 1.01. The second kappa shape index (κ2) is 6.36. The van der Waals surface area contributed by atoms with Gasteiger partial charge in [-0.2, -0.15) is 0 Å². The summed E-state index contributed by atoms with van der Waals surface area (Å²) in [4.78, 5) is 11.4. The number of hydrogen-bond donors (Lipinski definition) is 2. The molecule has 0 aliphatic rings.